The molecule has 2 rings (SSSR count). The fraction of sp³-hybridized carbons (Fsp3) is 0.655. The summed E-state index contributed by atoms with van der Waals surface area (Å²) in [5.74, 6) is -0.452. The molecular formula is C29H46N4O4. The van der Waals surface area contributed by atoms with E-state index in [1.807, 2.05) is 30.3 Å². The average Bonchev–Trinajstić information content (AvgIpc) is 2.87. The fourth-order valence-corrected chi connectivity index (χ4v) is 4.77. The number of nitrogens with zero attached hydrogens (tertiary/aromatic N) is 1. The van der Waals surface area contributed by atoms with Gasteiger partial charge in [0.2, 0.25) is 23.6 Å². The molecule has 0 saturated carbocycles. The highest BCUT2D eigenvalue weighted by Gasteiger charge is 2.37. The summed E-state index contributed by atoms with van der Waals surface area (Å²) in [4.78, 5) is 51.4. The van der Waals surface area contributed by atoms with Crippen molar-refractivity contribution in [3.05, 3.63) is 35.9 Å². The Kier molecular flexibility index (Phi) is 14.4. The lowest BCUT2D eigenvalue weighted by atomic mass is 9.97. The second-order valence-electron chi connectivity index (χ2n) is 10.1. The predicted molar refractivity (Wildman–Crippen MR) is 146 cm³/mol. The minimum absolute atomic E-state index is 0.00468. The highest BCUT2D eigenvalue weighted by Crippen LogP contribution is 2.20. The molecule has 1 fully saturated rings. The van der Waals surface area contributed by atoms with Gasteiger partial charge in [0.05, 0.1) is 6.54 Å². The first-order valence-corrected chi connectivity index (χ1v) is 14.1. The normalized spacial score (nSPS) is 16.3. The number of rotatable bonds is 18. The molecule has 8 nitrogen and oxygen atoms in total. The number of nitrogens with one attached hydrogen (secondary N) is 3. The van der Waals surface area contributed by atoms with Crippen molar-refractivity contribution < 1.29 is 19.2 Å². The molecule has 37 heavy (non-hydrogen) atoms. The van der Waals surface area contributed by atoms with Crippen molar-refractivity contribution in [2.75, 3.05) is 19.6 Å². The summed E-state index contributed by atoms with van der Waals surface area (Å²) in [6.45, 7) is 4.80. The number of hydrogen-bond acceptors (Lipinski definition) is 4. The third-order valence-corrected chi connectivity index (χ3v) is 6.82. The van der Waals surface area contributed by atoms with Crippen LogP contribution in [0.4, 0.5) is 0 Å². The summed E-state index contributed by atoms with van der Waals surface area (Å²) in [7, 11) is 0. The van der Waals surface area contributed by atoms with Crippen LogP contribution in [0, 0.1) is 0 Å². The van der Waals surface area contributed by atoms with E-state index >= 15 is 0 Å². The second-order valence-corrected chi connectivity index (χ2v) is 10.1. The minimum atomic E-state index is -0.614. The Labute approximate surface area is 222 Å². The molecule has 2 unspecified atom stereocenters. The van der Waals surface area contributed by atoms with Crippen molar-refractivity contribution in [1.82, 2.24) is 20.9 Å². The zero-order valence-corrected chi connectivity index (χ0v) is 22.7. The fourth-order valence-electron chi connectivity index (χ4n) is 4.77. The van der Waals surface area contributed by atoms with E-state index in [2.05, 4.69) is 22.9 Å². The standard InChI is InChI=1S/C29H46N4O4/c1-3-4-5-6-7-8-12-17-25(21-27(35)31-19-14-13-18-30-23(2)34)33-22-28(36)32-26(29(33)37)20-24-15-10-9-11-16-24/h9-11,15-16,25-26H,3-8,12-14,17-22H2,1-2H3,(H,30,34)(H,31,35)(H,32,36). The molecule has 0 radical (unpaired) electrons. The molecule has 0 aromatic heterocycles. The van der Waals surface area contributed by atoms with Gasteiger partial charge in [0, 0.05) is 38.9 Å². The molecule has 1 aromatic carbocycles. The number of unbranched alkanes of at least 4 members (excludes halogenated alkanes) is 7. The van der Waals surface area contributed by atoms with Crippen molar-refractivity contribution in [3.8, 4) is 0 Å². The van der Waals surface area contributed by atoms with E-state index in [0.29, 0.717) is 25.9 Å². The molecule has 0 bridgehead atoms. The molecule has 1 heterocycles. The summed E-state index contributed by atoms with van der Waals surface area (Å²) < 4.78 is 0. The van der Waals surface area contributed by atoms with Crippen molar-refractivity contribution >= 4 is 23.6 Å². The summed E-state index contributed by atoms with van der Waals surface area (Å²) in [5, 5.41) is 8.55. The third kappa shape index (κ3) is 12.3. The summed E-state index contributed by atoms with van der Waals surface area (Å²) in [6, 6.07) is 8.76. The summed E-state index contributed by atoms with van der Waals surface area (Å²) in [6.07, 6.45) is 11.0. The number of carbonyl (C=O) groups is 4. The number of benzene rings is 1. The van der Waals surface area contributed by atoms with Crippen LogP contribution in [0.2, 0.25) is 0 Å². The van der Waals surface area contributed by atoms with Crippen LogP contribution in [-0.2, 0) is 25.6 Å². The lowest BCUT2D eigenvalue weighted by Crippen LogP contribution is -2.61. The number of piperazine rings is 1. The summed E-state index contributed by atoms with van der Waals surface area (Å²) in [5.41, 5.74) is 0.989. The van der Waals surface area contributed by atoms with Gasteiger partial charge in [0.1, 0.15) is 6.04 Å². The van der Waals surface area contributed by atoms with Crippen LogP contribution in [0.5, 0.6) is 0 Å². The lowest BCUT2D eigenvalue weighted by molar-refractivity contribution is -0.147. The van der Waals surface area contributed by atoms with Gasteiger partial charge in [-0.15, -0.1) is 0 Å². The number of amides is 4. The maximum atomic E-state index is 13.4. The van der Waals surface area contributed by atoms with Crippen LogP contribution in [0.1, 0.15) is 90.0 Å². The molecule has 0 spiro atoms. The Balaban J connectivity index is 1.95. The predicted octanol–water partition coefficient (Wildman–Crippen LogP) is 3.49. The minimum Gasteiger partial charge on any atom is -0.356 e. The van der Waals surface area contributed by atoms with Crippen LogP contribution >= 0.6 is 0 Å². The molecule has 2 atom stereocenters. The molecule has 0 aliphatic carbocycles. The van der Waals surface area contributed by atoms with Gasteiger partial charge in [0.25, 0.3) is 0 Å². The van der Waals surface area contributed by atoms with Crippen molar-refractivity contribution in [3.63, 3.8) is 0 Å². The Morgan fingerprint density at radius 3 is 2.27 bits per heavy atom. The monoisotopic (exact) mass is 514 g/mol. The number of hydrogen-bond donors (Lipinski definition) is 3. The SMILES string of the molecule is CCCCCCCCCC(CC(=O)NCCCCNC(C)=O)N1CC(=O)NC(Cc2ccccc2)C1=O. The Bertz CT molecular complexity index is 846. The zero-order valence-electron chi connectivity index (χ0n) is 22.7. The maximum Gasteiger partial charge on any atom is 0.246 e. The van der Waals surface area contributed by atoms with E-state index < -0.39 is 6.04 Å². The van der Waals surface area contributed by atoms with E-state index in [1.165, 1.54) is 32.6 Å². The van der Waals surface area contributed by atoms with Crippen LogP contribution in [0.15, 0.2) is 30.3 Å². The second kappa shape index (κ2) is 17.5. The highest BCUT2D eigenvalue weighted by molar-refractivity contribution is 5.95. The van der Waals surface area contributed by atoms with Crippen LogP contribution in [0.3, 0.4) is 0 Å². The first-order valence-electron chi connectivity index (χ1n) is 14.1. The molecule has 4 amide bonds. The highest BCUT2D eigenvalue weighted by atomic mass is 16.2. The van der Waals surface area contributed by atoms with Gasteiger partial charge in [-0.3, -0.25) is 19.2 Å². The van der Waals surface area contributed by atoms with E-state index in [1.54, 1.807) is 4.90 Å². The lowest BCUT2D eigenvalue weighted by Gasteiger charge is -2.38. The van der Waals surface area contributed by atoms with Gasteiger partial charge in [0.15, 0.2) is 0 Å². The van der Waals surface area contributed by atoms with Crippen molar-refractivity contribution in [1.29, 1.82) is 0 Å². The third-order valence-electron chi connectivity index (χ3n) is 6.82. The van der Waals surface area contributed by atoms with E-state index in [-0.39, 0.29) is 42.6 Å². The first-order chi connectivity index (χ1) is 17.9. The van der Waals surface area contributed by atoms with E-state index in [0.717, 1.165) is 37.7 Å². The van der Waals surface area contributed by atoms with E-state index in [9.17, 15) is 19.2 Å². The quantitative estimate of drug-likeness (QED) is 0.261. The zero-order chi connectivity index (χ0) is 26.9. The van der Waals surface area contributed by atoms with Crippen LogP contribution in [-0.4, -0.2) is 60.2 Å². The molecule has 206 valence electrons. The molecular weight excluding hydrogens is 468 g/mol. The van der Waals surface area contributed by atoms with Gasteiger partial charge in [-0.1, -0.05) is 82.2 Å². The smallest absolute Gasteiger partial charge is 0.246 e. The van der Waals surface area contributed by atoms with Gasteiger partial charge in [-0.2, -0.15) is 0 Å². The average molecular weight is 515 g/mol. The molecule has 1 aliphatic rings. The van der Waals surface area contributed by atoms with E-state index in [4.69, 9.17) is 0 Å². The van der Waals surface area contributed by atoms with Gasteiger partial charge >= 0.3 is 0 Å². The van der Waals surface area contributed by atoms with Gasteiger partial charge in [-0.05, 0) is 24.8 Å². The molecule has 1 saturated heterocycles. The van der Waals surface area contributed by atoms with Crippen molar-refractivity contribution in [2.45, 2.75) is 103 Å². The Morgan fingerprint density at radius 2 is 1.59 bits per heavy atom. The number of carbonyl (C=O) groups excluding carboxylic acids is 4. The molecule has 3 N–H and O–H groups in total. The maximum absolute atomic E-state index is 13.4. The molecule has 1 aromatic rings. The van der Waals surface area contributed by atoms with Crippen LogP contribution in [0.25, 0.3) is 0 Å². The Hall–Kier alpha value is -2.90. The largest absolute Gasteiger partial charge is 0.356 e. The first kappa shape index (κ1) is 30.3. The van der Waals surface area contributed by atoms with Gasteiger partial charge in [-0.25, -0.2) is 0 Å². The Morgan fingerprint density at radius 1 is 0.946 bits per heavy atom. The molecule has 1 aliphatic heterocycles. The van der Waals surface area contributed by atoms with Crippen molar-refractivity contribution in [2.24, 2.45) is 0 Å². The summed E-state index contributed by atoms with van der Waals surface area (Å²) >= 11 is 0. The van der Waals surface area contributed by atoms with Gasteiger partial charge < -0.3 is 20.9 Å². The molecule has 8 heteroatoms. The topological polar surface area (TPSA) is 108 Å². The van der Waals surface area contributed by atoms with Crippen LogP contribution < -0.4 is 16.0 Å².